The second-order valence-electron chi connectivity index (χ2n) is 5.31. The first-order chi connectivity index (χ1) is 11.1. The van der Waals surface area contributed by atoms with E-state index in [2.05, 4.69) is 0 Å². The molecule has 0 fully saturated rings. The maximum Gasteiger partial charge on any atom is 0.343 e. The van der Waals surface area contributed by atoms with Gasteiger partial charge in [-0.2, -0.15) is 0 Å². The number of rotatable bonds is 4. The summed E-state index contributed by atoms with van der Waals surface area (Å²) in [6.07, 6.45) is -0.480. The fraction of sp³-hybridized carbons (Fsp3) is 0.278. The smallest absolute Gasteiger partial charge is 0.343 e. The standard InChI is InChI=1S/C18H18O5/c1-10-7-11(5-6-14(10)21-3)17-13-8-12(20-2)9-15(22-4)16(13)18(19)23-17/h5-9,17H,1-4H3. The largest absolute Gasteiger partial charge is 0.497 e. The Bertz CT molecular complexity index is 766. The van der Waals surface area contributed by atoms with Crippen LogP contribution in [0.4, 0.5) is 0 Å². The molecule has 0 saturated carbocycles. The average molecular weight is 314 g/mol. The molecule has 2 aromatic carbocycles. The van der Waals surface area contributed by atoms with Crippen molar-refractivity contribution in [3.05, 3.63) is 52.6 Å². The van der Waals surface area contributed by atoms with E-state index in [9.17, 15) is 4.79 Å². The van der Waals surface area contributed by atoms with Gasteiger partial charge in [0.15, 0.2) is 6.10 Å². The summed E-state index contributed by atoms with van der Waals surface area (Å²) in [6.45, 7) is 1.95. The van der Waals surface area contributed by atoms with Crippen LogP contribution in [0.3, 0.4) is 0 Å². The van der Waals surface area contributed by atoms with E-state index in [1.165, 1.54) is 7.11 Å². The summed E-state index contributed by atoms with van der Waals surface area (Å²) >= 11 is 0. The van der Waals surface area contributed by atoms with Crippen molar-refractivity contribution >= 4 is 5.97 Å². The average Bonchev–Trinajstić information content (AvgIpc) is 2.90. The van der Waals surface area contributed by atoms with Crippen molar-refractivity contribution < 1.29 is 23.7 Å². The lowest BCUT2D eigenvalue weighted by Crippen LogP contribution is -2.01. The molecule has 0 radical (unpaired) electrons. The van der Waals surface area contributed by atoms with E-state index in [1.807, 2.05) is 31.2 Å². The third-order valence-corrected chi connectivity index (χ3v) is 3.99. The molecule has 1 aliphatic heterocycles. The third-order valence-electron chi connectivity index (χ3n) is 3.99. The quantitative estimate of drug-likeness (QED) is 0.811. The number of carbonyl (C=O) groups is 1. The van der Waals surface area contributed by atoms with Gasteiger partial charge >= 0.3 is 5.97 Å². The topological polar surface area (TPSA) is 54.0 Å². The predicted molar refractivity (Wildman–Crippen MR) is 84.5 cm³/mol. The minimum absolute atomic E-state index is 0.391. The summed E-state index contributed by atoms with van der Waals surface area (Å²) in [5.41, 5.74) is 3.05. The van der Waals surface area contributed by atoms with E-state index < -0.39 is 12.1 Å². The molecule has 1 unspecified atom stereocenters. The number of esters is 1. The van der Waals surface area contributed by atoms with Gasteiger partial charge in [0, 0.05) is 11.6 Å². The molecule has 0 aliphatic carbocycles. The summed E-state index contributed by atoms with van der Waals surface area (Å²) in [7, 11) is 4.72. The molecule has 0 amide bonds. The van der Waals surface area contributed by atoms with Crippen molar-refractivity contribution in [1.29, 1.82) is 0 Å². The molecule has 0 aromatic heterocycles. The predicted octanol–water partition coefficient (Wildman–Crippen LogP) is 3.28. The zero-order valence-corrected chi connectivity index (χ0v) is 13.5. The Hall–Kier alpha value is -2.69. The van der Waals surface area contributed by atoms with Gasteiger partial charge in [0.1, 0.15) is 22.8 Å². The maximum atomic E-state index is 12.3. The Morgan fingerprint density at radius 2 is 1.70 bits per heavy atom. The Kier molecular flexibility index (Phi) is 3.86. The summed E-state index contributed by atoms with van der Waals surface area (Å²) in [4.78, 5) is 12.3. The minimum atomic E-state index is -0.480. The van der Waals surface area contributed by atoms with Gasteiger partial charge in [-0.1, -0.05) is 6.07 Å². The van der Waals surface area contributed by atoms with Crippen molar-refractivity contribution in [2.75, 3.05) is 21.3 Å². The van der Waals surface area contributed by atoms with Crippen LogP contribution in [0.25, 0.3) is 0 Å². The number of carbonyl (C=O) groups excluding carboxylic acids is 1. The van der Waals surface area contributed by atoms with Crippen LogP contribution in [0.5, 0.6) is 17.2 Å². The Balaban J connectivity index is 2.12. The van der Waals surface area contributed by atoms with E-state index in [1.54, 1.807) is 20.3 Å². The van der Waals surface area contributed by atoms with Crippen LogP contribution in [0.2, 0.25) is 0 Å². The highest BCUT2D eigenvalue weighted by molar-refractivity contribution is 5.98. The fourth-order valence-electron chi connectivity index (χ4n) is 2.86. The molecule has 120 valence electrons. The molecule has 0 spiro atoms. The first-order valence-electron chi connectivity index (χ1n) is 7.20. The van der Waals surface area contributed by atoms with Crippen LogP contribution < -0.4 is 14.2 Å². The molecule has 1 atom stereocenters. The SMILES string of the molecule is COc1cc(OC)c2c(c1)C(c1ccc(OC)c(C)c1)OC2=O. The zero-order valence-electron chi connectivity index (χ0n) is 13.5. The fourth-order valence-corrected chi connectivity index (χ4v) is 2.86. The second-order valence-corrected chi connectivity index (χ2v) is 5.31. The first-order valence-corrected chi connectivity index (χ1v) is 7.20. The van der Waals surface area contributed by atoms with Gasteiger partial charge in [0.2, 0.25) is 0 Å². The molecule has 0 saturated heterocycles. The van der Waals surface area contributed by atoms with E-state index in [-0.39, 0.29) is 0 Å². The number of ether oxygens (including phenoxy) is 4. The highest BCUT2D eigenvalue weighted by Crippen LogP contribution is 2.43. The molecule has 3 rings (SSSR count). The Labute approximate surface area is 134 Å². The molecular formula is C18H18O5. The number of aryl methyl sites for hydroxylation is 1. The van der Waals surface area contributed by atoms with Crippen molar-refractivity contribution in [3.8, 4) is 17.2 Å². The summed E-state index contributed by atoms with van der Waals surface area (Å²) < 4.78 is 21.5. The Morgan fingerprint density at radius 1 is 0.957 bits per heavy atom. The lowest BCUT2D eigenvalue weighted by Gasteiger charge is -2.14. The van der Waals surface area contributed by atoms with E-state index in [4.69, 9.17) is 18.9 Å². The van der Waals surface area contributed by atoms with Gasteiger partial charge < -0.3 is 18.9 Å². The van der Waals surface area contributed by atoms with Gasteiger partial charge in [0.05, 0.1) is 21.3 Å². The normalized spacial score (nSPS) is 15.8. The molecule has 5 heteroatoms. The molecule has 0 N–H and O–H groups in total. The lowest BCUT2D eigenvalue weighted by molar-refractivity contribution is 0.0453. The molecule has 0 bridgehead atoms. The number of cyclic esters (lactones) is 1. The highest BCUT2D eigenvalue weighted by atomic mass is 16.6. The number of hydrogen-bond donors (Lipinski definition) is 0. The first kappa shape index (κ1) is 15.2. The monoisotopic (exact) mass is 314 g/mol. The summed E-state index contributed by atoms with van der Waals surface area (Å²) in [6, 6.07) is 9.21. The van der Waals surface area contributed by atoms with Crippen LogP contribution in [0, 0.1) is 6.92 Å². The van der Waals surface area contributed by atoms with Crippen LogP contribution in [-0.2, 0) is 4.74 Å². The van der Waals surface area contributed by atoms with Gasteiger partial charge in [-0.15, -0.1) is 0 Å². The van der Waals surface area contributed by atoms with Crippen LogP contribution in [0.1, 0.15) is 33.2 Å². The zero-order chi connectivity index (χ0) is 16.6. The van der Waals surface area contributed by atoms with Gasteiger partial charge in [-0.25, -0.2) is 4.79 Å². The number of methoxy groups -OCH3 is 3. The number of hydrogen-bond acceptors (Lipinski definition) is 5. The summed E-state index contributed by atoms with van der Waals surface area (Å²) in [5.74, 6) is 1.48. The van der Waals surface area contributed by atoms with Crippen molar-refractivity contribution in [2.24, 2.45) is 0 Å². The lowest BCUT2D eigenvalue weighted by atomic mass is 9.97. The third kappa shape index (κ3) is 2.48. The second kappa shape index (κ2) is 5.83. The van der Waals surface area contributed by atoms with E-state index >= 15 is 0 Å². The van der Waals surface area contributed by atoms with E-state index in [0.29, 0.717) is 17.1 Å². The minimum Gasteiger partial charge on any atom is -0.497 e. The van der Waals surface area contributed by atoms with E-state index in [0.717, 1.165) is 22.4 Å². The van der Waals surface area contributed by atoms with Gasteiger partial charge in [-0.05, 0) is 36.2 Å². The summed E-state index contributed by atoms with van der Waals surface area (Å²) in [5, 5.41) is 0. The number of benzene rings is 2. The molecule has 23 heavy (non-hydrogen) atoms. The van der Waals surface area contributed by atoms with Crippen LogP contribution in [0.15, 0.2) is 30.3 Å². The van der Waals surface area contributed by atoms with Crippen molar-refractivity contribution in [3.63, 3.8) is 0 Å². The van der Waals surface area contributed by atoms with Gasteiger partial charge in [0.25, 0.3) is 0 Å². The maximum absolute atomic E-state index is 12.3. The molecule has 2 aromatic rings. The van der Waals surface area contributed by atoms with Crippen molar-refractivity contribution in [2.45, 2.75) is 13.0 Å². The molecular weight excluding hydrogens is 296 g/mol. The van der Waals surface area contributed by atoms with Crippen LogP contribution in [-0.4, -0.2) is 27.3 Å². The van der Waals surface area contributed by atoms with Gasteiger partial charge in [-0.3, -0.25) is 0 Å². The number of fused-ring (bicyclic) bond motifs is 1. The molecule has 1 heterocycles. The van der Waals surface area contributed by atoms with Crippen LogP contribution >= 0.6 is 0 Å². The molecule has 5 nitrogen and oxygen atoms in total. The Morgan fingerprint density at radius 3 is 2.30 bits per heavy atom. The highest BCUT2D eigenvalue weighted by Gasteiger charge is 2.36. The molecule has 1 aliphatic rings. The van der Waals surface area contributed by atoms with Crippen molar-refractivity contribution in [1.82, 2.24) is 0 Å².